The van der Waals surface area contributed by atoms with Crippen molar-refractivity contribution in [2.45, 2.75) is 13.5 Å². The van der Waals surface area contributed by atoms with Crippen LogP contribution >= 0.6 is 0 Å². The molecule has 3 rings (SSSR count). The van der Waals surface area contributed by atoms with Crippen LogP contribution in [0.25, 0.3) is 0 Å². The Hall–Kier alpha value is -3.15. The number of ether oxygens (including phenoxy) is 1. The zero-order valence-corrected chi connectivity index (χ0v) is 13.2. The molecule has 0 radical (unpaired) electrons. The van der Waals surface area contributed by atoms with Crippen LogP contribution in [0.1, 0.15) is 16.8 Å². The molecular weight excluding hydrogens is 307 g/mol. The van der Waals surface area contributed by atoms with E-state index in [1.54, 1.807) is 24.5 Å². The first-order valence-corrected chi connectivity index (χ1v) is 7.44. The van der Waals surface area contributed by atoms with Gasteiger partial charge in [-0.25, -0.2) is 14.1 Å². The van der Waals surface area contributed by atoms with Gasteiger partial charge in [0.2, 0.25) is 5.95 Å². The zero-order chi connectivity index (χ0) is 16.9. The highest BCUT2D eigenvalue weighted by Crippen LogP contribution is 2.16. The number of aromatic nitrogens is 2. The third kappa shape index (κ3) is 3.78. The van der Waals surface area contributed by atoms with Crippen LogP contribution in [-0.2, 0) is 6.61 Å². The highest BCUT2D eigenvalue weighted by molar-refractivity contribution is 5.81. The van der Waals surface area contributed by atoms with E-state index in [1.807, 2.05) is 31.2 Å². The van der Waals surface area contributed by atoms with Crippen LogP contribution in [0.4, 0.5) is 10.3 Å². The summed E-state index contributed by atoms with van der Waals surface area (Å²) in [7, 11) is 0. The van der Waals surface area contributed by atoms with Gasteiger partial charge in [0.05, 0.1) is 18.1 Å². The smallest absolute Gasteiger partial charge is 0.221 e. The SMILES string of the molecule is Cc1cn(N=Cc2ccccc2COc2cccc(F)c2)c(N)n1. The molecule has 0 aliphatic heterocycles. The summed E-state index contributed by atoms with van der Waals surface area (Å²) in [5, 5.41) is 4.32. The van der Waals surface area contributed by atoms with E-state index in [2.05, 4.69) is 10.1 Å². The minimum atomic E-state index is -0.326. The Morgan fingerprint density at radius 1 is 1.25 bits per heavy atom. The Morgan fingerprint density at radius 2 is 2.08 bits per heavy atom. The fourth-order valence-electron chi connectivity index (χ4n) is 2.23. The lowest BCUT2D eigenvalue weighted by Gasteiger charge is -2.08. The van der Waals surface area contributed by atoms with Crippen molar-refractivity contribution in [2.75, 3.05) is 5.73 Å². The molecule has 2 aromatic carbocycles. The van der Waals surface area contributed by atoms with Gasteiger partial charge in [0.15, 0.2) is 0 Å². The van der Waals surface area contributed by atoms with Crippen molar-refractivity contribution in [3.05, 3.63) is 77.4 Å². The van der Waals surface area contributed by atoms with Gasteiger partial charge in [0.25, 0.3) is 0 Å². The van der Waals surface area contributed by atoms with Crippen molar-refractivity contribution >= 4 is 12.2 Å². The predicted molar refractivity (Wildman–Crippen MR) is 91.5 cm³/mol. The minimum Gasteiger partial charge on any atom is -0.489 e. The molecule has 6 heteroatoms. The van der Waals surface area contributed by atoms with Crippen molar-refractivity contribution < 1.29 is 9.13 Å². The number of hydrogen-bond acceptors (Lipinski definition) is 4. The molecular formula is C18H17FN4O. The van der Waals surface area contributed by atoms with Crippen LogP contribution in [-0.4, -0.2) is 15.9 Å². The summed E-state index contributed by atoms with van der Waals surface area (Å²) in [4.78, 5) is 4.10. The average molecular weight is 324 g/mol. The third-order valence-corrected chi connectivity index (χ3v) is 3.40. The first kappa shape index (κ1) is 15.7. The van der Waals surface area contributed by atoms with Gasteiger partial charge in [-0.3, -0.25) is 0 Å². The fraction of sp³-hybridized carbons (Fsp3) is 0.111. The standard InChI is InChI=1S/C18H17FN4O/c1-13-11-23(18(20)22-13)21-10-14-5-2-3-6-15(14)12-24-17-8-4-7-16(19)9-17/h2-11H,12H2,1H3,(H2,20,22). The second kappa shape index (κ2) is 6.95. The number of nitrogen functional groups attached to an aromatic ring is 1. The molecule has 0 atom stereocenters. The molecule has 2 N–H and O–H groups in total. The van der Waals surface area contributed by atoms with E-state index in [1.165, 1.54) is 16.8 Å². The van der Waals surface area contributed by atoms with Crippen LogP contribution in [0, 0.1) is 12.7 Å². The number of imidazole rings is 1. The Labute approximate surface area is 139 Å². The van der Waals surface area contributed by atoms with Gasteiger partial charge in [-0.2, -0.15) is 5.10 Å². The van der Waals surface area contributed by atoms with E-state index in [0.717, 1.165) is 16.8 Å². The van der Waals surface area contributed by atoms with E-state index >= 15 is 0 Å². The summed E-state index contributed by atoms with van der Waals surface area (Å²) in [5.41, 5.74) is 8.39. The van der Waals surface area contributed by atoms with Crippen molar-refractivity contribution in [3.8, 4) is 5.75 Å². The first-order valence-electron chi connectivity index (χ1n) is 7.44. The molecule has 0 amide bonds. The summed E-state index contributed by atoms with van der Waals surface area (Å²) in [6, 6.07) is 13.7. The molecule has 0 unspecified atom stereocenters. The molecule has 0 saturated heterocycles. The van der Waals surface area contributed by atoms with Gasteiger partial charge in [0.1, 0.15) is 18.2 Å². The lowest BCUT2D eigenvalue weighted by Crippen LogP contribution is -2.01. The number of hydrogen-bond donors (Lipinski definition) is 1. The normalized spacial score (nSPS) is 11.1. The molecule has 0 aliphatic rings. The molecule has 0 spiro atoms. The summed E-state index contributed by atoms with van der Waals surface area (Å²) in [5.74, 6) is 0.488. The molecule has 1 heterocycles. The zero-order valence-electron chi connectivity index (χ0n) is 13.2. The topological polar surface area (TPSA) is 65.4 Å². The Balaban J connectivity index is 1.76. The van der Waals surface area contributed by atoms with Crippen LogP contribution in [0.5, 0.6) is 5.75 Å². The second-order valence-electron chi connectivity index (χ2n) is 5.27. The van der Waals surface area contributed by atoms with Crippen molar-refractivity contribution in [1.82, 2.24) is 9.66 Å². The van der Waals surface area contributed by atoms with Gasteiger partial charge in [-0.15, -0.1) is 0 Å². The maximum Gasteiger partial charge on any atom is 0.221 e. The Morgan fingerprint density at radius 3 is 2.83 bits per heavy atom. The molecule has 5 nitrogen and oxygen atoms in total. The van der Waals surface area contributed by atoms with Gasteiger partial charge in [0, 0.05) is 11.6 Å². The van der Waals surface area contributed by atoms with Crippen molar-refractivity contribution in [2.24, 2.45) is 5.10 Å². The number of nitrogens with two attached hydrogens (primary N) is 1. The van der Waals surface area contributed by atoms with E-state index < -0.39 is 0 Å². The monoisotopic (exact) mass is 324 g/mol. The Bertz CT molecular complexity index is 873. The van der Waals surface area contributed by atoms with Crippen LogP contribution in [0.15, 0.2) is 59.8 Å². The van der Waals surface area contributed by atoms with E-state index in [0.29, 0.717) is 18.3 Å². The maximum absolute atomic E-state index is 13.2. The summed E-state index contributed by atoms with van der Waals surface area (Å²) in [6.07, 6.45) is 3.44. The largest absolute Gasteiger partial charge is 0.489 e. The number of benzene rings is 2. The van der Waals surface area contributed by atoms with E-state index in [9.17, 15) is 4.39 Å². The molecule has 0 saturated carbocycles. The van der Waals surface area contributed by atoms with Crippen LogP contribution in [0.3, 0.4) is 0 Å². The molecule has 24 heavy (non-hydrogen) atoms. The molecule has 1 aromatic heterocycles. The lowest BCUT2D eigenvalue weighted by atomic mass is 10.1. The number of aryl methyl sites for hydroxylation is 1. The Kier molecular flexibility index (Phi) is 4.56. The van der Waals surface area contributed by atoms with Gasteiger partial charge < -0.3 is 10.5 Å². The number of anilines is 1. The highest BCUT2D eigenvalue weighted by atomic mass is 19.1. The van der Waals surface area contributed by atoms with E-state index in [4.69, 9.17) is 10.5 Å². The summed E-state index contributed by atoms with van der Waals surface area (Å²) < 4.78 is 20.4. The third-order valence-electron chi connectivity index (χ3n) is 3.40. The van der Waals surface area contributed by atoms with Crippen LogP contribution < -0.4 is 10.5 Å². The van der Waals surface area contributed by atoms with E-state index in [-0.39, 0.29) is 5.82 Å². The molecule has 0 aliphatic carbocycles. The fourth-order valence-corrected chi connectivity index (χ4v) is 2.23. The number of halogens is 1. The number of rotatable bonds is 5. The predicted octanol–water partition coefficient (Wildman–Crippen LogP) is 3.37. The van der Waals surface area contributed by atoms with Gasteiger partial charge in [-0.1, -0.05) is 30.3 Å². The second-order valence-corrected chi connectivity index (χ2v) is 5.27. The molecule has 122 valence electrons. The molecule has 0 fully saturated rings. The lowest BCUT2D eigenvalue weighted by molar-refractivity contribution is 0.304. The molecule has 0 bridgehead atoms. The number of nitrogens with zero attached hydrogens (tertiary/aromatic N) is 3. The first-order chi connectivity index (χ1) is 11.6. The summed E-state index contributed by atoms with van der Waals surface area (Å²) in [6.45, 7) is 2.16. The minimum absolute atomic E-state index is 0.310. The quantitative estimate of drug-likeness (QED) is 0.732. The van der Waals surface area contributed by atoms with Crippen molar-refractivity contribution in [1.29, 1.82) is 0 Å². The van der Waals surface area contributed by atoms with Gasteiger partial charge in [-0.05, 0) is 24.6 Å². The summed E-state index contributed by atoms with van der Waals surface area (Å²) >= 11 is 0. The average Bonchev–Trinajstić information content (AvgIpc) is 2.89. The highest BCUT2D eigenvalue weighted by Gasteiger charge is 2.03. The van der Waals surface area contributed by atoms with Crippen molar-refractivity contribution in [3.63, 3.8) is 0 Å². The maximum atomic E-state index is 13.2. The van der Waals surface area contributed by atoms with Crippen LogP contribution in [0.2, 0.25) is 0 Å². The van der Waals surface area contributed by atoms with Gasteiger partial charge >= 0.3 is 0 Å². The molecule has 3 aromatic rings.